The van der Waals surface area contributed by atoms with Crippen molar-refractivity contribution >= 4 is 11.4 Å². The largest absolute Gasteiger partial charge is 0.494 e. The standard InChI is InChI=1S/C18H19FN2O4/c1-3-24-16-8-12-7-11(2)25-17(12)9-13(16)10-20-15-6-4-5-14(19)18(15)21(22)23/h4-6,8-9,11,20H,3,7,10H2,1-2H3/t11-/m1/s1. The van der Waals surface area contributed by atoms with Gasteiger partial charge in [0.1, 0.15) is 23.3 Å². The van der Waals surface area contributed by atoms with E-state index in [9.17, 15) is 14.5 Å². The van der Waals surface area contributed by atoms with Crippen molar-refractivity contribution in [3.63, 3.8) is 0 Å². The Kier molecular flexibility index (Phi) is 4.74. The number of ether oxygens (including phenoxy) is 2. The van der Waals surface area contributed by atoms with Gasteiger partial charge in [0.25, 0.3) is 0 Å². The minimum Gasteiger partial charge on any atom is -0.494 e. The van der Waals surface area contributed by atoms with Gasteiger partial charge in [0.2, 0.25) is 5.82 Å². The molecule has 0 unspecified atom stereocenters. The highest BCUT2D eigenvalue weighted by atomic mass is 19.1. The summed E-state index contributed by atoms with van der Waals surface area (Å²) in [4.78, 5) is 10.4. The van der Waals surface area contributed by atoms with Crippen LogP contribution in [0.3, 0.4) is 0 Å². The van der Waals surface area contributed by atoms with E-state index in [-0.39, 0.29) is 18.3 Å². The number of nitro benzene ring substituents is 1. The molecule has 1 heterocycles. The first kappa shape index (κ1) is 17.0. The van der Waals surface area contributed by atoms with Crippen LogP contribution in [0.15, 0.2) is 30.3 Å². The van der Waals surface area contributed by atoms with Crippen LogP contribution in [0, 0.1) is 15.9 Å². The van der Waals surface area contributed by atoms with E-state index in [0.29, 0.717) is 12.4 Å². The van der Waals surface area contributed by atoms with Gasteiger partial charge >= 0.3 is 5.69 Å². The van der Waals surface area contributed by atoms with Gasteiger partial charge in [0.05, 0.1) is 11.5 Å². The zero-order chi connectivity index (χ0) is 18.0. The fourth-order valence-corrected chi connectivity index (χ4v) is 2.94. The molecule has 0 amide bonds. The third kappa shape index (κ3) is 3.50. The van der Waals surface area contributed by atoms with E-state index in [4.69, 9.17) is 9.47 Å². The molecule has 25 heavy (non-hydrogen) atoms. The summed E-state index contributed by atoms with van der Waals surface area (Å²) >= 11 is 0. The summed E-state index contributed by atoms with van der Waals surface area (Å²) in [5.41, 5.74) is 1.44. The highest BCUT2D eigenvalue weighted by Gasteiger charge is 2.23. The zero-order valence-corrected chi connectivity index (χ0v) is 14.0. The van der Waals surface area contributed by atoms with E-state index in [1.165, 1.54) is 12.1 Å². The second-order valence-corrected chi connectivity index (χ2v) is 5.88. The van der Waals surface area contributed by atoms with Crippen molar-refractivity contribution in [2.45, 2.75) is 32.9 Å². The first-order valence-electron chi connectivity index (χ1n) is 8.11. The van der Waals surface area contributed by atoms with Gasteiger partial charge in [-0.25, -0.2) is 0 Å². The summed E-state index contributed by atoms with van der Waals surface area (Å²) in [5, 5.41) is 14.0. The van der Waals surface area contributed by atoms with E-state index in [1.54, 1.807) is 0 Å². The van der Waals surface area contributed by atoms with Crippen LogP contribution in [0.4, 0.5) is 15.8 Å². The average Bonchev–Trinajstić information content (AvgIpc) is 2.91. The van der Waals surface area contributed by atoms with Crippen LogP contribution in [-0.2, 0) is 13.0 Å². The van der Waals surface area contributed by atoms with Crippen LogP contribution < -0.4 is 14.8 Å². The zero-order valence-electron chi connectivity index (χ0n) is 14.0. The number of para-hydroxylation sites is 1. The van der Waals surface area contributed by atoms with Crippen molar-refractivity contribution in [3.05, 3.63) is 57.4 Å². The number of nitrogens with one attached hydrogen (secondary N) is 1. The van der Waals surface area contributed by atoms with Crippen LogP contribution in [-0.4, -0.2) is 17.6 Å². The Balaban J connectivity index is 1.88. The van der Waals surface area contributed by atoms with Crippen LogP contribution in [0.1, 0.15) is 25.0 Å². The van der Waals surface area contributed by atoms with E-state index in [2.05, 4.69) is 5.32 Å². The molecule has 1 aliphatic rings. The van der Waals surface area contributed by atoms with Gasteiger partial charge in [-0.1, -0.05) is 6.07 Å². The monoisotopic (exact) mass is 346 g/mol. The van der Waals surface area contributed by atoms with E-state index < -0.39 is 16.4 Å². The Labute approximate surface area is 144 Å². The van der Waals surface area contributed by atoms with Gasteiger partial charge in [0, 0.05) is 24.1 Å². The van der Waals surface area contributed by atoms with Gasteiger partial charge in [-0.05, 0) is 38.1 Å². The number of hydrogen-bond acceptors (Lipinski definition) is 5. The van der Waals surface area contributed by atoms with Gasteiger partial charge in [-0.3, -0.25) is 10.1 Å². The molecule has 1 N–H and O–H groups in total. The summed E-state index contributed by atoms with van der Waals surface area (Å²) < 4.78 is 25.2. The average molecular weight is 346 g/mol. The Morgan fingerprint density at radius 2 is 2.24 bits per heavy atom. The van der Waals surface area contributed by atoms with Crippen molar-refractivity contribution < 1.29 is 18.8 Å². The Morgan fingerprint density at radius 3 is 2.96 bits per heavy atom. The summed E-state index contributed by atoms with van der Waals surface area (Å²) in [6.07, 6.45) is 0.926. The summed E-state index contributed by atoms with van der Waals surface area (Å²) in [7, 11) is 0. The van der Waals surface area contributed by atoms with Crippen molar-refractivity contribution in [1.82, 2.24) is 0 Å². The Bertz CT molecular complexity index is 810. The number of anilines is 1. The minimum atomic E-state index is -0.869. The maximum Gasteiger partial charge on any atom is 0.327 e. The summed E-state index contributed by atoms with van der Waals surface area (Å²) in [6, 6.07) is 7.80. The van der Waals surface area contributed by atoms with E-state index >= 15 is 0 Å². The van der Waals surface area contributed by atoms with Crippen molar-refractivity contribution in [2.75, 3.05) is 11.9 Å². The van der Waals surface area contributed by atoms with Gasteiger partial charge < -0.3 is 14.8 Å². The third-order valence-corrected chi connectivity index (χ3v) is 4.02. The molecule has 7 heteroatoms. The highest BCUT2D eigenvalue weighted by Crippen LogP contribution is 2.36. The smallest absolute Gasteiger partial charge is 0.327 e. The number of rotatable bonds is 6. The molecule has 2 aromatic rings. The molecule has 3 rings (SSSR count). The molecule has 6 nitrogen and oxygen atoms in total. The Morgan fingerprint density at radius 1 is 1.44 bits per heavy atom. The van der Waals surface area contributed by atoms with Crippen LogP contribution in [0.25, 0.3) is 0 Å². The lowest BCUT2D eigenvalue weighted by atomic mass is 10.1. The number of fused-ring (bicyclic) bond motifs is 1. The normalized spacial score (nSPS) is 15.4. The van der Waals surface area contributed by atoms with Gasteiger partial charge in [-0.15, -0.1) is 0 Å². The molecule has 132 valence electrons. The quantitative estimate of drug-likeness (QED) is 0.630. The number of hydrogen-bond donors (Lipinski definition) is 1. The number of nitro groups is 1. The molecular weight excluding hydrogens is 327 g/mol. The first-order valence-corrected chi connectivity index (χ1v) is 8.11. The second-order valence-electron chi connectivity index (χ2n) is 5.88. The lowest BCUT2D eigenvalue weighted by molar-refractivity contribution is -0.386. The topological polar surface area (TPSA) is 73.6 Å². The molecule has 0 radical (unpaired) electrons. The molecule has 0 saturated heterocycles. The molecule has 2 aromatic carbocycles. The highest BCUT2D eigenvalue weighted by molar-refractivity contribution is 5.62. The van der Waals surface area contributed by atoms with Crippen LogP contribution in [0.5, 0.6) is 11.5 Å². The summed E-state index contributed by atoms with van der Waals surface area (Å²) in [5.74, 6) is 0.623. The maximum absolute atomic E-state index is 13.7. The van der Waals surface area contributed by atoms with Crippen LogP contribution in [0.2, 0.25) is 0 Å². The van der Waals surface area contributed by atoms with E-state index in [0.717, 1.165) is 29.4 Å². The molecule has 0 fully saturated rings. The fourth-order valence-electron chi connectivity index (χ4n) is 2.94. The molecule has 0 bridgehead atoms. The molecule has 0 aromatic heterocycles. The number of benzene rings is 2. The van der Waals surface area contributed by atoms with Gasteiger partial charge in [0.15, 0.2) is 0 Å². The molecule has 1 aliphatic heterocycles. The fraction of sp³-hybridized carbons (Fsp3) is 0.333. The van der Waals surface area contributed by atoms with Gasteiger partial charge in [-0.2, -0.15) is 4.39 Å². The van der Waals surface area contributed by atoms with E-state index in [1.807, 2.05) is 26.0 Å². The maximum atomic E-state index is 13.7. The van der Waals surface area contributed by atoms with Crippen molar-refractivity contribution in [2.24, 2.45) is 0 Å². The molecule has 0 spiro atoms. The van der Waals surface area contributed by atoms with Crippen molar-refractivity contribution in [1.29, 1.82) is 0 Å². The summed E-state index contributed by atoms with van der Waals surface area (Å²) in [6.45, 7) is 4.64. The predicted molar refractivity (Wildman–Crippen MR) is 91.8 cm³/mol. The SMILES string of the molecule is CCOc1cc2c(cc1CNc1cccc(F)c1[N+](=O)[O-])O[C@H](C)C2. The molecule has 1 atom stereocenters. The molecule has 0 saturated carbocycles. The number of nitrogens with zero attached hydrogens (tertiary/aromatic N) is 1. The predicted octanol–water partition coefficient (Wildman–Crippen LogP) is 4.07. The number of halogens is 1. The second kappa shape index (κ2) is 6.96. The molecule has 0 aliphatic carbocycles. The van der Waals surface area contributed by atoms with Crippen molar-refractivity contribution in [3.8, 4) is 11.5 Å². The minimum absolute atomic E-state index is 0.108. The lowest BCUT2D eigenvalue weighted by Crippen LogP contribution is -2.06. The first-order chi connectivity index (χ1) is 12.0. The third-order valence-electron chi connectivity index (χ3n) is 4.02. The lowest BCUT2D eigenvalue weighted by Gasteiger charge is -2.14. The molecular formula is C18H19FN2O4. The van der Waals surface area contributed by atoms with Crippen LogP contribution >= 0.6 is 0 Å². The Hall–Kier alpha value is -2.83.